The number of aryl methyl sites for hydroxylation is 1. The first kappa shape index (κ1) is 18.9. The number of carboxylic acids is 1. The van der Waals surface area contributed by atoms with E-state index < -0.39 is 5.97 Å². The van der Waals surface area contributed by atoms with Crippen LogP contribution < -0.4 is 0 Å². The normalized spacial score (nSPS) is 14.9. The van der Waals surface area contributed by atoms with Crippen molar-refractivity contribution in [2.75, 3.05) is 13.1 Å². The van der Waals surface area contributed by atoms with E-state index >= 15 is 0 Å². The van der Waals surface area contributed by atoms with Crippen LogP contribution in [0.2, 0.25) is 0 Å². The molecule has 0 unspecified atom stereocenters. The molecule has 9 nitrogen and oxygen atoms in total. The zero-order valence-electron chi connectivity index (χ0n) is 16.3. The van der Waals surface area contributed by atoms with Crippen LogP contribution >= 0.6 is 0 Å². The number of amides is 1. The summed E-state index contributed by atoms with van der Waals surface area (Å²) in [6.07, 6.45) is 4.46. The quantitative estimate of drug-likeness (QED) is 0.727. The van der Waals surface area contributed by atoms with Gasteiger partial charge in [-0.05, 0) is 44.4 Å². The molecule has 1 aromatic carbocycles. The number of likely N-dealkylation sites (tertiary alicyclic amines) is 1. The maximum Gasteiger partial charge on any atom is 0.339 e. The van der Waals surface area contributed by atoms with Gasteiger partial charge in [0.05, 0.1) is 29.8 Å². The van der Waals surface area contributed by atoms with Gasteiger partial charge in [0.15, 0.2) is 5.69 Å². The molecule has 3 heterocycles. The summed E-state index contributed by atoms with van der Waals surface area (Å²) in [7, 11) is 0. The zero-order chi connectivity index (χ0) is 20.5. The molecule has 1 N–H and O–H groups in total. The lowest BCUT2D eigenvalue weighted by Crippen LogP contribution is -2.39. The highest BCUT2D eigenvalue weighted by Crippen LogP contribution is 2.25. The molecule has 1 fully saturated rings. The third kappa shape index (κ3) is 3.63. The Morgan fingerprint density at radius 3 is 2.59 bits per heavy atom. The number of hydrogen-bond donors (Lipinski definition) is 1. The van der Waals surface area contributed by atoms with Gasteiger partial charge < -0.3 is 10.0 Å². The lowest BCUT2D eigenvalue weighted by molar-refractivity contribution is 0.0682. The molecule has 150 valence electrons. The Bertz CT molecular complexity index is 1060. The third-order valence-electron chi connectivity index (χ3n) is 5.35. The van der Waals surface area contributed by atoms with Gasteiger partial charge in [0.25, 0.3) is 5.91 Å². The number of rotatable bonds is 4. The lowest BCUT2D eigenvalue weighted by atomic mass is 10.0. The van der Waals surface area contributed by atoms with E-state index in [-0.39, 0.29) is 17.5 Å². The number of piperidine rings is 1. The van der Waals surface area contributed by atoms with Crippen molar-refractivity contribution in [2.45, 2.75) is 32.7 Å². The first-order chi connectivity index (χ1) is 13.9. The van der Waals surface area contributed by atoms with Crippen LogP contribution in [-0.2, 0) is 0 Å². The number of carbonyl (C=O) groups excluding carboxylic acids is 1. The van der Waals surface area contributed by atoms with Crippen LogP contribution in [0.15, 0.2) is 36.7 Å². The van der Waals surface area contributed by atoms with Crippen LogP contribution in [0.3, 0.4) is 0 Å². The summed E-state index contributed by atoms with van der Waals surface area (Å²) in [4.78, 5) is 25.8. The second kappa shape index (κ2) is 7.50. The summed E-state index contributed by atoms with van der Waals surface area (Å²) in [6.45, 7) is 4.87. The second-order valence-electron chi connectivity index (χ2n) is 7.30. The maximum atomic E-state index is 12.8. The Kier molecular flexibility index (Phi) is 4.87. The second-order valence-corrected chi connectivity index (χ2v) is 7.30. The topological polar surface area (TPSA) is 106 Å². The number of carboxylic acid groups (broad SMARTS) is 1. The number of benzene rings is 1. The average Bonchev–Trinajstić information content (AvgIpc) is 3.35. The fourth-order valence-electron chi connectivity index (χ4n) is 3.74. The predicted octanol–water partition coefficient (Wildman–Crippen LogP) is 2.26. The summed E-state index contributed by atoms with van der Waals surface area (Å²) < 4.78 is 3.37. The van der Waals surface area contributed by atoms with E-state index in [4.69, 9.17) is 0 Å². The number of carbonyl (C=O) groups is 2. The predicted molar refractivity (Wildman–Crippen MR) is 104 cm³/mol. The molecule has 0 spiro atoms. The molecule has 9 heteroatoms. The van der Waals surface area contributed by atoms with Crippen molar-refractivity contribution in [3.63, 3.8) is 0 Å². The molecule has 2 aromatic heterocycles. The Balaban J connectivity index is 1.43. The smallest absolute Gasteiger partial charge is 0.339 e. The van der Waals surface area contributed by atoms with Crippen molar-refractivity contribution in [2.24, 2.45) is 0 Å². The van der Waals surface area contributed by atoms with Crippen LogP contribution in [0.4, 0.5) is 0 Å². The van der Waals surface area contributed by atoms with E-state index in [0.29, 0.717) is 37.3 Å². The summed E-state index contributed by atoms with van der Waals surface area (Å²) in [6, 6.07) is 7.91. The Morgan fingerprint density at radius 1 is 1.17 bits per heavy atom. The minimum atomic E-state index is -0.974. The largest absolute Gasteiger partial charge is 0.478 e. The number of aromatic carboxylic acids is 1. The van der Waals surface area contributed by atoms with E-state index in [1.54, 1.807) is 27.4 Å². The van der Waals surface area contributed by atoms with E-state index in [1.807, 2.05) is 31.2 Å². The highest BCUT2D eigenvalue weighted by molar-refractivity contribution is 5.92. The fourth-order valence-corrected chi connectivity index (χ4v) is 3.74. The van der Waals surface area contributed by atoms with Gasteiger partial charge in [0, 0.05) is 13.1 Å². The molecule has 1 saturated heterocycles. The molecule has 3 aromatic rings. The molecule has 0 aliphatic carbocycles. The molecule has 0 atom stereocenters. The zero-order valence-corrected chi connectivity index (χ0v) is 16.3. The monoisotopic (exact) mass is 394 g/mol. The van der Waals surface area contributed by atoms with Crippen LogP contribution in [0.1, 0.15) is 51.0 Å². The molecule has 1 amide bonds. The van der Waals surface area contributed by atoms with Gasteiger partial charge in [-0.15, -0.1) is 5.10 Å². The highest BCUT2D eigenvalue weighted by Gasteiger charge is 2.28. The number of hydrogen-bond acceptors (Lipinski definition) is 5. The SMILES string of the molecule is Cc1cccc(-n2cc(C(=O)N3CCC(n4ncc(C(=O)O)c4C)CC3)nn2)c1. The summed E-state index contributed by atoms with van der Waals surface area (Å²) in [5, 5.41) is 21.6. The van der Waals surface area contributed by atoms with Crippen molar-refractivity contribution in [3.8, 4) is 5.69 Å². The number of nitrogens with zero attached hydrogens (tertiary/aromatic N) is 6. The van der Waals surface area contributed by atoms with Gasteiger partial charge in [0.2, 0.25) is 0 Å². The van der Waals surface area contributed by atoms with E-state index in [9.17, 15) is 14.7 Å². The summed E-state index contributed by atoms with van der Waals surface area (Å²) in [5.41, 5.74) is 3.14. The highest BCUT2D eigenvalue weighted by atomic mass is 16.4. The van der Waals surface area contributed by atoms with Gasteiger partial charge in [-0.1, -0.05) is 17.3 Å². The maximum absolute atomic E-state index is 12.8. The minimum Gasteiger partial charge on any atom is -0.478 e. The van der Waals surface area contributed by atoms with Crippen molar-refractivity contribution in [1.82, 2.24) is 29.7 Å². The molecule has 29 heavy (non-hydrogen) atoms. The van der Waals surface area contributed by atoms with E-state index in [0.717, 1.165) is 11.3 Å². The molecule has 1 aliphatic heterocycles. The minimum absolute atomic E-state index is 0.0788. The molecular formula is C20H22N6O3. The van der Waals surface area contributed by atoms with Crippen molar-refractivity contribution in [1.29, 1.82) is 0 Å². The standard InChI is InChI=1S/C20H22N6O3/c1-13-4-3-5-16(10-13)25-12-18(22-23-25)19(27)24-8-6-15(7-9-24)26-14(2)17(11-21-26)20(28)29/h3-5,10-12,15H,6-9H2,1-2H3,(H,28,29). The van der Waals surface area contributed by atoms with Gasteiger partial charge in [-0.2, -0.15) is 5.10 Å². The first-order valence-electron chi connectivity index (χ1n) is 9.50. The van der Waals surface area contributed by atoms with Gasteiger partial charge in [-0.3, -0.25) is 9.48 Å². The van der Waals surface area contributed by atoms with Crippen molar-refractivity contribution >= 4 is 11.9 Å². The fraction of sp³-hybridized carbons (Fsp3) is 0.350. The summed E-state index contributed by atoms with van der Waals surface area (Å²) >= 11 is 0. The molecule has 0 bridgehead atoms. The van der Waals surface area contributed by atoms with E-state index in [1.165, 1.54) is 6.20 Å². The average molecular weight is 394 g/mol. The van der Waals surface area contributed by atoms with Crippen LogP contribution in [-0.4, -0.2) is 59.7 Å². The molecule has 0 radical (unpaired) electrons. The summed E-state index contributed by atoms with van der Waals surface area (Å²) in [5.74, 6) is -1.12. The Labute approximate surface area is 167 Å². The molecule has 4 rings (SSSR count). The van der Waals surface area contributed by atoms with Crippen LogP contribution in [0.5, 0.6) is 0 Å². The van der Waals surface area contributed by atoms with Crippen molar-refractivity contribution < 1.29 is 14.7 Å². The van der Waals surface area contributed by atoms with Crippen LogP contribution in [0.25, 0.3) is 5.69 Å². The van der Waals surface area contributed by atoms with Gasteiger partial charge in [-0.25, -0.2) is 9.48 Å². The van der Waals surface area contributed by atoms with E-state index in [2.05, 4.69) is 15.4 Å². The van der Waals surface area contributed by atoms with Gasteiger partial charge >= 0.3 is 5.97 Å². The van der Waals surface area contributed by atoms with Crippen LogP contribution in [0, 0.1) is 13.8 Å². The van der Waals surface area contributed by atoms with Gasteiger partial charge in [0.1, 0.15) is 5.56 Å². The first-order valence-corrected chi connectivity index (χ1v) is 9.50. The molecule has 1 aliphatic rings. The molecular weight excluding hydrogens is 372 g/mol. The third-order valence-corrected chi connectivity index (χ3v) is 5.35. The number of aromatic nitrogens is 5. The Hall–Kier alpha value is -3.49. The lowest BCUT2D eigenvalue weighted by Gasteiger charge is -2.32. The Morgan fingerprint density at radius 2 is 1.93 bits per heavy atom. The molecule has 0 saturated carbocycles. The van der Waals surface area contributed by atoms with Crippen molar-refractivity contribution in [3.05, 3.63) is 59.2 Å².